The fourth-order valence-corrected chi connectivity index (χ4v) is 6.76. The molecule has 0 saturated heterocycles. The Morgan fingerprint density at radius 2 is 1.73 bits per heavy atom. The second-order valence-corrected chi connectivity index (χ2v) is 11.4. The first kappa shape index (κ1) is 27.1. The Morgan fingerprint density at radius 1 is 1.00 bits per heavy atom. The minimum absolute atomic E-state index is 0.0392. The highest BCUT2D eigenvalue weighted by Gasteiger charge is 2.39. The van der Waals surface area contributed by atoms with Crippen molar-refractivity contribution in [1.29, 1.82) is 0 Å². The highest BCUT2D eigenvalue weighted by atomic mass is 32.1. The van der Waals surface area contributed by atoms with Crippen LogP contribution in [0.5, 0.6) is 0 Å². The molecule has 4 heterocycles. The van der Waals surface area contributed by atoms with Crippen LogP contribution >= 0.6 is 11.3 Å². The van der Waals surface area contributed by atoms with Crippen LogP contribution in [0.2, 0.25) is 0 Å². The van der Waals surface area contributed by atoms with E-state index < -0.39 is 35.3 Å². The van der Waals surface area contributed by atoms with E-state index in [0.717, 1.165) is 22.4 Å². The van der Waals surface area contributed by atoms with Crippen molar-refractivity contribution in [2.45, 2.75) is 38.4 Å². The standard InChI is InChI=1S/C30H23F4N3O3S/c31-19-6-3-5-17(12-19)11-18(16-36-28(39)20-7-1-2-8-21(20)29(36)40)13-24(38)26-14-22-25(41-26)9-4-10-37-27(22)23(15-35-37)30(32,33)34/h1-3,5-8,12,14-15,18H,4,9-11,13,16H2/t18-/m1/s1. The van der Waals surface area contributed by atoms with Crippen LogP contribution in [0.3, 0.4) is 0 Å². The van der Waals surface area contributed by atoms with Gasteiger partial charge in [-0.2, -0.15) is 18.3 Å². The number of alkyl halides is 3. The molecule has 1 atom stereocenters. The van der Waals surface area contributed by atoms with Crippen LogP contribution in [0.4, 0.5) is 17.6 Å². The molecule has 11 heteroatoms. The Bertz CT molecular complexity index is 1660. The molecular formula is C30H23F4N3O3S. The van der Waals surface area contributed by atoms with Gasteiger partial charge in [0.15, 0.2) is 5.78 Å². The molecule has 2 aliphatic heterocycles. The molecule has 0 bridgehead atoms. The third kappa shape index (κ3) is 5.10. The quantitative estimate of drug-likeness (QED) is 0.143. The van der Waals surface area contributed by atoms with Gasteiger partial charge in [-0.05, 0) is 61.1 Å². The van der Waals surface area contributed by atoms with Crippen molar-refractivity contribution >= 4 is 28.9 Å². The molecule has 6 rings (SSSR count). The molecule has 0 saturated carbocycles. The largest absolute Gasteiger partial charge is 0.420 e. The maximum atomic E-state index is 14.0. The van der Waals surface area contributed by atoms with Gasteiger partial charge < -0.3 is 0 Å². The zero-order chi connectivity index (χ0) is 28.9. The number of aryl methyl sites for hydroxylation is 2. The second-order valence-electron chi connectivity index (χ2n) is 10.3. The van der Waals surface area contributed by atoms with Gasteiger partial charge in [-0.15, -0.1) is 11.3 Å². The van der Waals surface area contributed by atoms with E-state index in [0.29, 0.717) is 40.3 Å². The fourth-order valence-electron chi connectivity index (χ4n) is 5.61. The molecule has 6 nitrogen and oxygen atoms in total. The van der Waals surface area contributed by atoms with Crippen LogP contribution < -0.4 is 0 Å². The van der Waals surface area contributed by atoms with Crippen LogP contribution in [0.1, 0.15) is 59.2 Å². The number of aromatic nitrogens is 2. The van der Waals surface area contributed by atoms with Crippen molar-refractivity contribution in [3.63, 3.8) is 0 Å². The van der Waals surface area contributed by atoms with Gasteiger partial charge in [-0.1, -0.05) is 24.3 Å². The lowest BCUT2D eigenvalue weighted by Crippen LogP contribution is -2.36. The van der Waals surface area contributed by atoms with Crippen molar-refractivity contribution in [2.75, 3.05) is 6.54 Å². The second kappa shape index (κ2) is 10.4. The summed E-state index contributed by atoms with van der Waals surface area (Å²) in [5.41, 5.74) is 0.636. The summed E-state index contributed by atoms with van der Waals surface area (Å²) < 4.78 is 56.6. The zero-order valence-electron chi connectivity index (χ0n) is 21.6. The van der Waals surface area contributed by atoms with Gasteiger partial charge in [-0.3, -0.25) is 24.0 Å². The summed E-state index contributed by atoms with van der Waals surface area (Å²) in [7, 11) is 0. The lowest BCUT2D eigenvalue weighted by Gasteiger charge is -2.22. The predicted molar refractivity (Wildman–Crippen MR) is 143 cm³/mol. The zero-order valence-corrected chi connectivity index (χ0v) is 22.4. The smallest absolute Gasteiger partial charge is 0.293 e. The van der Waals surface area contributed by atoms with Crippen molar-refractivity contribution < 1.29 is 31.9 Å². The summed E-state index contributed by atoms with van der Waals surface area (Å²) in [6.07, 6.45) is -2.56. The van der Waals surface area contributed by atoms with Gasteiger partial charge in [0.05, 0.1) is 27.9 Å². The predicted octanol–water partition coefficient (Wildman–Crippen LogP) is 6.44. The van der Waals surface area contributed by atoms with Crippen LogP contribution in [0.25, 0.3) is 11.3 Å². The number of hydrogen-bond acceptors (Lipinski definition) is 5. The van der Waals surface area contributed by atoms with E-state index >= 15 is 0 Å². The summed E-state index contributed by atoms with van der Waals surface area (Å²) in [5.74, 6) is -2.24. The molecule has 0 aliphatic carbocycles. The maximum Gasteiger partial charge on any atom is 0.420 e. The van der Waals surface area contributed by atoms with Crippen molar-refractivity contribution in [2.24, 2.45) is 5.92 Å². The van der Waals surface area contributed by atoms with Crippen molar-refractivity contribution in [3.8, 4) is 11.3 Å². The van der Waals surface area contributed by atoms with E-state index in [1.165, 1.54) is 22.9 Å². The molecule has 4 aromatic rings. The van der Waals surface area contributed by atoms with E-state index in [4.69, 9.17) is 0 Å². The maximum absolute atomic E-state index is 14.0. The van der Waals surface area contributed by atoms with Gasteiger partial charge in [-0.25, -0.2) is 4.39 Å². The SMILES string of the molecule is O=C(C[C@@H](Cc1cccc(F)c1)CN1C(=O)c2ccccc2C1=O)c1cc2c(s1)CCCn1ncc(C(F)(F)F)c1-2. The highest BCUT2D eigenvalue weighted by Crippen LogP contribution is 2.43. The number of benzene rings is 2. The van der Waals surface area contributed by atoms with Crippen molar-refractivity contribution in [1.82, 2.24) is 14.7 Å². The molecule has 2 aliphatic rings. The summed E-state index contributed by atoms with van der Waals surface area (Å²) in [5, 5.41) is 3.94. The first-order valence-electron chi connectivity index (χ1n) is 13.1. The molecule has 210 valence electrons. The number of amides is 2. The lowest BCUT2D eigenvalue weighted by molar-refractivity contribution is -0.137. The number of halogens is 4. The fraction of sp³-hybridized carbons (Fsp3) is 0.267. The van der Waals surface area contributed by atoms with Gasteiger partial charge in [0.25, 0.3) is 11.8 Å². The molecule has 0 radical (unpaired) electrons. The Morgan fingerprint density at radius 3 is 2.41 bits per heavy atom. The van der Waals surface area contributed by atoms with Crippen LogP contribution in [0.15, 0.2) is 60.8 Å². The Balaban J connectivity index is 1.30. The van der Waals surface area contributed by atoms with Gasteiger partial charge in [0, 0.05) is 30.0 Å². The first-order valence-corrected chi connectivity index (χ1v) is 13.9. The third-order valence-corrected chi connectivity index (χ3v) is 8.70. The number of rotatable bonds is 7. The van der Waals surface area contributed by atoms with E-state index in [1.54, 1.807) is 36.4 Å². The number of imide groups is 1. The Kier molecular flexibility index (Phi) is 6.85. The minimum Gasteiger partial charge on any atom is -0.293 e. The summed E-state index contributed by atoms with van der Waals surface area (Å²) >= 11 is 1.16. The number of Topliss-reactive ketones (excluding diaryl/α,β-unsaturated/α-hetero) is 1. The average molecular weight is 582 g/mol. The monoisotopic (exact) mass is 581 g/mol. The molecule has 41 heavy (non-hydrogen) atoms. The Hall–Kier alpha value is -4.12. The molecule has 0 spiro atoms. The molecule has 0 unspecified atom stereocenters. The number of carbonyl (C=O) groups excluding carboxylic acids is 3. The number of hydrogen-bond donors (Lipinski definition) is 0. The lowest BCUT2D eigenvalue weighted by atomic mass is 9.93. The van der Waals surface area contributed by atoms with E-state index in [1.807, 2.05) is 0 Å². The number of carbonyl (C=O) groups is 3. The van der Waals surface area contributed by atoms with Gasteiger partial charge >= 0.3 is 6.18 Å². The average Bonchev–Trinajstić information content (AvgIpc) is 3.58. The number of fused-ring (bicyclic) bond motifs is 4. The first-order chi connectivity index (χ1) is 19.6. The molecule has 2 aromatic heterocycles. The van der Waals surface area contributed by atoms with Crippen LogP contribution in [-0.2, 0) is 25.6 Å². The number of ketones is 1. The van der Waals surface area contributed by atoms with E-state index in [2.05, 4.69) is 5.10 Å². The van der Waals surface area contributed by atoms with Gasteiger partial charge in [0.1, 0.15) is 11.4 Å². The molecule has 2 amide bonds. The Labute approximate surface area is 236 Å². The van der Waals surface area contributed by atoms with E-state index in [9.17, 15) is 31.9 Å². The summed E-state index contributed by atoms with van der Waals surface area (Å²) in [4.78, 5) is 41.8. The van der Waals surface area contributed by atoms with E-state index in [-0.39, 0.29) is 42.0 Å². The molecule has 2 aromatic carbocycles. The summed E-state index contributed by atoms with van der Waals surface area (Å²) in [6.45, 7) is 0.275. The third-order valence-electron chi connectivity index (χ3n) is 7.46. The summed E-state index contributed by atoms with van der Waals surface area (Å²) in [6, 6.07) is 13.9. The topological polar surface area (TPSA) is 72.3 Å². The number of nitrogens with zero attached hydrogens (tertiary/aromatic N) is 3. The van der Waals surface area contributed by atoms with Crippen LogP contribution in [-0.4, -0.2) is 38.8 Å². The highest BCUT2D eigenvalue weighted by molar-refractivity contribution is 7.14. The molecular weight excluding hydrogens is 558 g/mol. The van der Waals surface area contributed by atoms with Crippen molar-refractivity contribution in [3.05, 3.63) is 98.6 Å². The van der Waals surface area contributed by atoms with Crippen LogP contribution in [0, 0.1) is 11.7 Å². The number of thiophene rings is 1. The normalized spacial score (nSPS) is 15.4. The van der Waals surface area contributed by atoms with Gasteiger partial charge in [0.2, 0.25) is 0 Å². The molecule has 0 fully saturated rings. The minimum atomic E-state index is -4.59. The molecule has 0 N–H and O–H groups in total.